The Labute approximate surface area is 119 Å². The number of nitrogens with zero attached hydrogens (tertiary/aromatic N) is 3. The van der Waals surface area contributed by atoms with Crippen LogP contribution in [0.3, 0.4) is 0 Å². The molecular weight excluding hydrogens is 276 g/mol. The van der Waals surface area contributed by atoms with E-state index in [9.17, 15) is 20.0 Å². The van der Waals surface area contributed by atoms with Crippen LogP contribution in [-0.4, -0.2) is 38.6 Å². The van der Waals surface area contributed by atoms with Gasteiger partial charge in [0, 0.05) is 18.7 Å². The van der Waals surface area contributed by atoms with Crippen molar-refractivity contribution in [2.24, 2.45) is 0 Å². The molecule has 1 aromatic heterocycles. The van der Waals surface area contributed by atoms with Crippen LogP contribution in [-0.2, 0) is 4.79 Å². The molecule has 2 aromatic rings. The van der Waals surface area contributed by atoms with E-state index in [0.717, 1.165) is 12.8 Å². The van der Waals surface area contributed by atoms with Gasteiger partial charge in [-0.05, 0) is 25.3 Å². The number of hydrogen-bond acceptors (Lipinski definition) is 5. The van der Waals surface area contributed by atoms with Crippen molar-refractivity contribution in [3.63, 3.8) is 0 Å². The maximum Gasteiger partial charge on any atom is 0.326 e. The number of rotatable bonds is 3. The Balaban J connectivity index is 1.99. The molecule has 0 unspecified atom stereocenters. The van der Waals surface area contributed by atoms with Crippen LogP contribution < -0.4 is 4.90 Å². The first-order chi connectivity index (χ1) is 10.1. The fourth-order valence-corrected chi connectivity index (χ4v) is 2.68. The Bertz CT molecular complexity index is 711. The van der Waals surface area contributed by atoms with Crippen LogP contribution in [0, 0.1) is 10.1 Å². The smallest absolute Gasteiger partial charge is 0.326 e. The number of carbonyl (C=O) groups is 1. The van der Waals surface area contributed by atoms with Crippen molar-refractivity contribution < 1.29 is 14.8 Å². The number of carboxylic acid groups (broad SMARTS) is 1. The summed E-state index contributed by atoms with van der Waals surface area (Å²) in [6.07, 6.45) is 2.35. The van der Waals surface area contributed by atoms with Crippen molar-refractivity contribution in [2.45, 2.75) is 25.3 Å². The second-order valence-electron chi connectivity index (χ2n) is 5.06. The van der Waals surface area contributed by atoms with Crippen LogP contribution >= 0.6 is 0 Å². The minimum Gasteiger partial charge on any atom is -0.480 e. The first-order valence-corrected chi connectivity index (χ1v) is 6.70. The van der Waals surface area contributed by atoms with E-state index in [0.29, 0.717) is 29.9 Å². The zero-order chi connectivity index (χ0) is 15.0. The summed E-state index contributed by atoms with van der Waals surface area (Å²) >= 11 is 0. The fourth-order valence-electron chi connectivity index (χ4n) is 2.68. The number of aromatic nitrogens is 2. The molecule has 0 radical (unpaired) electrons. The monoisotopic (exact) mass is 290 g/mol. The van der Waals surface area contributed by atoms with Crippen molar-refractivity contribution >= 4 is 28.6 Å². The Morgan fingerprint density at radius 3 is 3.00 bits per heavy atom. The van der Waals surface area contributed by atoms with Gasteiger partial charge in [-0.1, -0.05) is 0 Å². The summed E-state index contributed by atoms with van der Waals surface area (Å²) in [5.74, 6) is -0.418. The van der Waals surface area contributed by atoms with Gasteiger partial charge in [-0.3, -0.25) is 10.1 Å². The zero-order valence-electron chi connectivity index (χ0n) is 11.2. The van der Waals surface area contributed by atoms with Gasteiger partial charge in [0.2, 0.25) is 5.95 Å². The highest BCUT2D eigenvalue weighted by Crippen LogP contribution is 2.26. The third kappa shape index (κ3) is 2.39. The largest absolute Gasteiger partial charge is 0.480 e. The van der Waals surface area contributed by atoms with E-state index >= 15 is 0 Å². The first kappa shape index (κ1) is 13.3. The van der Waals surface area contributed by atoms with Gasteiger partial charge in [0.05, 0.1) is 16.0 Å². The van der Waals surface area contributed by atoms with Gasteiger partial charge in [0.15, 0.2) is 0 Å². The van der Waals surface area contributed by atoms with Gasteiger partial charge in [0.25, 0.3) is 5.69 Å². The summed E-state index contributed by atoms with van der Waals surface area (Å²) < 4.78 is 0. The van der Waals surface area contributed by atoms with Crippen LogP contribution in [0.2, 0.25) is 0 Å². The van der Waals surface area contributed by atoms with E-state index in [2.05, 4.69) is 9.97 Å². The molecule has 0 spiro atoms. The molecule has 0 saturated carbocycles. The second kappa shape index (κ2) is 5.04. The van der Waals surface area contributed by atoms with Gasteiger partial charge in [0.1, 0.15) is 6.04 Å². The highest BCUT2D eigenvalue weighted by atomic mass is 16.6. The number of anilines is 1. The number of H-pyrrole nitrogens is 1. The second-order valence-corrected chi connectivity index (χ2v) is 5.06. The number of piperidine rings is 1. The zero-order valence-corrected chi connectivity index (χ0v) is 11.2. The van der Waals surface area contributed by atoms with Crippen LogP contribution in [0.5, 0.6) is 0 Å². The average Bonchev–Trinajstić information content (AvgIpc) is 2.89. The van der Waals surface area contributed by atoms with Gasteiger partial charge in [-0.25, -0.2) is 9.78 Å². The van der Waals surface area contributed by atoms with Crippen molar-refractivity contribution in [3.05, 3.63) is 28.3 Å². The van der Waals surface area contributed by atoms with Crippen molar-refractivity contribution in [1.82, 2.24) is 9.97 Å². The Hall–Kier alpha value is -2.64. The molecule has 8 heteroatoms. The lowest BCUT2D eigenvalue weighted by Crippen LogP contribution is -2.45. The molecular formula is C13H14N4O4. The lowest BCUT2D eigenvalue weighted by Gasteiger charge is -2.32. The SMILES string of the molecule is O=C(O)[C@@H]1CCCCN1c1nc2ccc([N+](=O)[O-])cc2[nH]1. The summed E-state index contributed by atoms with van der Waals surface area (Å²) in [5.41, 5.74) is 1.10. The molecule has 1 saturated heterocycles. The summed E-state index contributed by atoms with van der Waals surface area (Å²) in [6.45, 7) is 0.610. The number of nitrogens with one attached hydrogen (secondary N) is 1. The van der Waals surface area contributed by atoms with E-state index in [-0.39, 0.29) is 5.69 Å². The average molecular weight is 290 g/mol. The maximum atomic E-state index is 11.3. The summed E-state index contributed by atoms with van der Waals surface area (Å²) in [6, 6.07) is 3.76. The lowest BCUT2D eigenvalue weighted by molar-refractivity contribution is -0.384. The van der Waals surface area contributed by atoms with Gasteiger partial charge < -0.3 is 15.0 Å². The first-order valence-electron chi connectivity index (χ1n) is 6.70. The highest BCUT2D eigenvalue weighted by molar-refractivity contribution is 5.82. The molecule has 1 aliphatic heterocycles. The number of aliphatic carboxylic acids is 1. The number of benzene rings is 1. The fraction of sp³-hybridized carbons (Fsp3) is 0.385. The Morgan fingerprint density at radius 1 is 1.48 bits per heavy atom. The molecule has 1 aromatic carbocycles. The summed E-state index contributed by atoms with van der Waals surface area (Å²) in [4.78, 5) is 30.7. The minimum absolute atomic E-state index is 0.0221. The molecule has 1 fully saturated rings. The number of nitro benzene ring substituents is 1. The molecule has 0 bridgehead atoms. The molecule has 1 atom stereocenters. The standard InChI is InChI=1S/C13H14N4O4/c18-12(19)11-3-1-2-6-16(11)13-14-9-5-4-8(17(20)21)7-10(9)15-13/h4-5,7,11H,1-3,6H2,(H,14,15)(H,18,19)/t11-/m0/s1. The predicted octanol–water partition coefficient (Wildman–Crippen LogP) is 1.91. The molecule has 0 aliphatic carbocycles. The highest BCUT2D eigenvalue weighted by Gasteiger charge is 2.30. The maximum absolute atomic E-state index is 11.3. The number of imidazole rings is 1. The number of aromatic amines is 1. The quantitative estimate of drug-likeness (QED) is 0.659. The van der Waals surface area contributed by atoms with Crippen LogP contribution in [0.25, 0.3) is 11.0 Å². The minimum atomic E-state index is -0.874. The van der Waals surface area contributed by atoms with Gasteiger partial charge in [-0.2, -0.15) is 0 Å². The van der Waals surface area contributed by atoms with Gasteiger partial charge >= 0.3 is 5.97 Å². The molecule has 1 aliphatic rings. The van der Waals surface area contributed by atoms with E-state index in [4.69, 9.17) is 0 Å². The van der Waals surface area contributed by atoms with E-state index in [1.165, 1.54) is 12.1 Å². The summed E-state index contributed by atoms with van der Waals surface area (Å²) in [5, 5.41) is 20.1. The Kier molecular flexibility index (Phi) is 3.20. The lowest BCUT2D eigenvalue weighted by atomic mass is 10.0. The molecule has 21 heavy (non-hydrogen) atoms. The number of non-ortho nitro benzene ring substituents is 1. The predicted molar refractivity (Wildman–Crippen MR) is 75.4 cm³/mol. The number of hydrogen-bond donors (Lipinski definition) is 2. The van der Waals surface area contributed by atoms with Crippen molar-refractivity contribution in [1.29, 1.82) is 0 Å². The van der Waals surface area contributed by atoms with Crippen LogP contribution in [0.4, 0.5) is 11.6 Å². The molecule has 110 valence electrons. The topological polar surface area (TPSA) is 112 Å². The van der Waals surface area contributed by atoms with Crippen LogP contribution in [0.15, 0.2) is 18.2 Å². The summed E-state index contributed by atoms with van der Waals surface area (Å²) in [7, 11) is 0. The number of fused-ring (bicyclic) bond motifs is 1. The van der Waals surface area contributed by atoms with Crippen molar-refractivity contribution in [3.8, 4) is 0 Å². The molecule has 8 nitrogen and oxygen atoms in total. The number of carboxylic acids is 1. The van der Waals surface area contributed by atoms with E-state index in [1.807, 2.05) is 0 Å². The molecule has 3 rings (SSSR count). The molecule has 2 heterocycles. The molecule has 0 amide bonds. The molecule has 2 N–H and O–H groups in total. The third-order valence-electron chi connectivity index (χ3n) is 3.72. The van der Waals surface area contributed by atoms with Crippen molar-refractivity contribution in [2.75, 3.05) is 11.4 Å². The normalized spacial score (nSPS) is 18.9. The number of nitro groups is 1. The third-order valence-corrected chi connectivity index (χ3v) is 3.72. The Morgan fingerprint density at radius 2 is 2.29 bits per heavy atom. The van der Waals surface area contributed by atoms with E-state index < -0.39 is 16.9 Å². The van der Waals surface area contributed by atoms with E-state index in [1.54, 1.807) is 11.0 Å². The van der Waals surface area contributed by atoms with Gasteiger partial charge in [-0.15, -0.1) is 0 Å². The van der Waals surface area contributed by atoms with Crippen LogP contribution in [0.1, 0.15) is 19.3 Å².